The summed E-state index contributed by atoms with van der Waals surface area (Å²) >= 11 is 1.49. The van der Waals surface area contributed by atoms with Crippen molar-refractivity contribution in [1.29, 1.82) is 0 Å². The fourth-order valence-electron chi connectivity index (χ4n) is 1.72. The number of nitrogens with zero attached hydrogens (tertiary/aromatic N) is 1. The van der Waals surface area contributed by atoms with Gasteiger partial charge in [-0.05, 0) is 19.4 Å². The molecule has 5 heteroatoms. The Morgan fingerprint density at radius 3 is 2.89 bits per heavy atom. The number of hydrogen-bond acceptors (Lipinski definition) is 5. The number of rotatable bonds is 4. The molecule has 0 aliphatic heterocycles. The number of carbonyl (C=O) groups is 1. The first kappa shape index (κ1) is 13.5. The van der Waals surface area contributed by atoms with Gasteiger partial charge in [-0.25, -0.2) is 9.78 Å². The van der Waals surface area contributed by atoms with E-state index in [1.165, 1.54) is 11.3 Å². The lowest BCUT2D eigenvalue weighted by atomic mass is 10.1. The Hall–Kier alpha value is -1.88. The standard InChI is InChI=1S/C14H16N2O2S/c1-3-7-18-14(17)12-10(5-4-6-11(12)15)13-16-9(2)8-19-13/h4-6,8H,3,7,15H2,1-2H3. The van der Waals surface area contributed by atoms with Crippen molar-refractivity contribution in [2.24, 2.45) is 0 Å². The van der Waals surface area contributed by atoms with E-state index in [0.717, 1.165) is 22.7 Å². The van der Waals surface area contributed by atoms with Crippen molar-refractivity contribution in [3.63, 3.8) is 0 Å². The number of carbonyl (C=O) groups excluding carboxylic acids is 1. The summed E-state index contributed by atoms with van der Waals surface area (Å²) in [6.45, 7) is 4.26. The highest BCUT2D eigenvalue weighted by Gasteiger charge is 2.19. The Morgan fingerprint density at radius 2 is 2.26 bits per heavy atom. The molecule has 19 heavy (non-hydrogen) atoms. The summed E-state index contributed by atoms with van der Waals surface area (Å²) in [5, 5.41) is 2.73. The molecular formula is C14H16N2O2S. The first-order chi connectivity index (χ1) is 9.13. The summed E-state index contributed by atoms with van der Waals surface area (Å²) in [5.41, 5.74) is 8.41. The van der Waals surface area contributed by atoms with Crippen LogP contribution in [0.2, 0.25) is 0 Å². The average molecular weight is 276 g/mol. The van der Waals surface area contributed by atoms with E-state index in [1.54, 1.807) is 6.07 Å². The monoisotopic (exact) mass is 276 g/mol. The number of thiazole rings is 1. The predicted molar refractivity (Wildman–Crippen MR) is 77.3 cm³/mol. The normalized spacial score (nSPS) is 10.4. The van der Waals surface area contributed by atoms with Crippen molar-refractivity contribution in [2.45, 2.75) is 20.3 Å². The molecule has 0 unspecified atom stereocenters. The molecule has 0 radical (unpaired) electrons. The third-order valence-corrected chi connectivity index (χ3v) is 3.58. The highest BCUT2D eigenvalue weighted by Crippen LogP contribution is 2.30. The molecule has 0 bridgehead atoms. The van der Waals surface area contributed by atoms with Gasteiger partial charge >= 0.3 is 5.97 Å². The van der Waals surface area contributed by atoms with Crippen LogP contribution in [0.1, 0.15) is 29.4 Å². The van der Waals surface area contributed by atoms with Crippen molar-refractivity contribution in [3.05, 3.63) is 34.8 Å². The zero-order chi connectivity index (χ0) is 13.8. The van der Waals surface area contributed by atoms with Crippen LogP contribution >= 0.6 is 11.3 Å². The van der Waals surface area contributed by atoms with Gasteiger partial charge in [0, 0.05) is 22.3 Å². The topological polar surface area (TPSA) is 65.2 Å². The molecule has 1 aromatic heterocycles. The van der Waals surface area contributed by atoms with E-state index in [9.17, 15) is 4.79 Å². The summed E-state index contributed by atoms with van der Waals surface area (Å²) in [5.74, 6) is -0.386. The zero-order valence-corrected chi connectivity index (χ0v) is 11.8. The predicted octanol–water partition coefficient (Wildman–Crippen LogP) is 3.27. The molecule has 2 rings (SSSR count). The molecule has 0 amide bonds. The third kappa shape index (κ3) is 2.93. The summed E-state index contributed by atoms with van der Waals surface area (Å²) in [7, 11) is 0. The molecule has 2 aromatic rings. The molecule has 100 valence electrons. The fraction of sp³-hybridized carbons (Fsp3) is 0.286. The number of ether oxygens (including phenoxy) is 1. The van der Waals surface area contributed by atoms with Crippen LogP contribution in [-0.4, -0.2) is 17.6 Å². The summed E-state index contributed by atoms with van der Waals surface area (Å²) in [6, 6.07) is 5.36. The average Bonchev–Trinajstić information content (AvgIpc) is 2.82. The summed E-state index contributed by atoms with van der Waals surface area (Å²) in [6.07, 6.45) is 0.782. The number of hydrogen-bond donors (Lipinski definition) is 1. The largest absolute Gasteiger partial charge is 0.462 e. The van der Waals surface area contributed by atoms with Crippen LogP contribution in [0.25, 0.3) is 10.6 Å². The Balaban J connectivity index is 2.44. The minimum Gasteiger partial charge on any atom is -0.462 e. The molecule has 0 aliphatic rings. The van der Waals surface area contributed by atoms with Crippen LogP contribution in [0.3, 0.4) is 0 Å². The molecule has 2 N–H and O–H groups in total. The molecule has 0 fully saturated rings. The highest BCUT2D eigenvalue weighted by atomic mass is 32.1. The van der Waals surface area contributed by atoms with Gasteiger partial charge in [-0.1, -0.05) is 19.1 Å². The maximum Gasteiger partial charge on any atom is 0.340 e. The molecule has 1 aromatic carbocycles. The minimum absolute atomic E-state index is 0.386. The zero-order valence-electron chi connectivity index (χ0n) is 11.0. The van der Waals surface area contributed by atoms with E-state index in [4.69, 9.17) is 10.5 Å². The minimum atomic E-state index is -0.386. The van der Waals surface area contributed by atoms with Gasteiger partial charge in [-0.3, -0.25) is 0 Å². The van der Waals surface area contributed by atoms with Crippen LogP contribution in [0.5, 0.6) is 0 Å². The third-order valence-electron chi connectivity index (χ3n) is 2.59. The first-order valence-corrected chi connectivity index (χ1v) is 6.99. The van der Waals surface area contributed by atoms with E-state index >= 15 is 0 Å². The lowest BCUT2D eigenvalue weighted by Crippen LogP contribution is -2.10. The van der Waals surface area contributed by atoms with E-state index in [0.29, 0.717) is 17.9 Å². The Morgan fingerprint density at radius 1 is 1.47 bits per heavy atom. The first-order valence-electron chi connectivity index (χ1n) is 6.11. The van der Waals surface area contributed by atoms with Gasteiger partial charge in [0.2, 0.25) is 0 Å². The molecular weight excluding hydrogens is 260 g/mol. The maximum absolute atomic E-state index is 12.1. The molecule has 4 nitrogen and oxygen atoms in total. The number of aromatic nitrogens is 1. The van der Waals surface area contributed by atoms with E-state index in [-0.39, 0.29) is 5.97 Å². The van der Waals surface area contributed by atoms with Crippen molar-refractivity contribution < 1.29 is 9.53 Å². The second kappa shape index (κ2) is 5.84. The second-order valence-electron chi connectivity index (χ2n) is 4.20. The van der Waals surface area contributed by atoms with E-state index < -0.39 is 0 Å². The highest BCUT2D eigenvalue weighted by molar-refractivity contribution is 7.13. The van der Waals surface area contributed by atoms with Crippen LogP contribution in [-0.2, 0) is 4.74 Å². The molecule has 0 saturated carbocycles. The number of esters is 1. The molecule has 1 heterocycles. The van der Waals surface area contributed by atoms with Gasteiger partial charge in [0.25, 0.3) is 0 Å². The quantitative estimate of drug-likeness (QED) is 0.687. The lowest BCUT2D eigenvalue weighted by Gasteiger charge is -2.10. The van der Waals surface area contributed by atoms with Crippen molar-refractivity contribution in [2.75, 3.05) is 12.3 Å². The van der Waals surface area contributed by atoms with E-state index in [2.05, 4.69) is 4.98 Å². The lowest BCUT2D eigenvalue weighted by molar-refractivity contribution is 0.0507. The van der Waals surface area contributed by atoms with Gasteiger partial charge in [-0.15, -0.1) is 11.3 Å². The van der Waals surface area contributed by atoms with Gasteiger partial charge in [0.15, 0.2) is 0 Å². The van der Waals surface area contributed by atoms with Crippen LogP contribution in [0, 0.1) is 6.92 Å². The number of anilines is 1. The van der Waals surface area contributed by atoms with Crippen LogP contribution in [0.15, 0.2) is 23.6 Å². The molecule has 0 saturated heterocycles. The van der Waals surface area contributed by atoms with Crippen molar-refractivity contribution >= 4 is 23.0 Å². The Bertz CT molecular complexity index is 593. The number of benzene rings is 1. The number of nitrogens with two attached hydrogens (primary N) is 1. The SMILES string of the molecule is CCCOC(=O)c1c(N)cccc1-c1nc(C)cs1. The van der Waals surface area contributed by atoms with Crippen LogP contribution < -0.4 is 5.73 Å². The number of nitrogen functional groups attached to an aromatic ring is 1. The van der Waals surface area contributed by atoms with Crippen LogP contribution in [0.4, 0.5) is 5.69 Å². The van der Waals surface area contributed by atoms with Crippen molar-refractivity contribution in [3.8, 4) is 10.6 Å². The molecule has 0 aliphatic carbocycles. The second-order valence-corrected chi connectivity index (χ2v) is 5.06. The maximum atomic E-state index is 12.1. The van der Waals surface area contributed by atoms with Gasteiger partial charge in [0.05, 0.1) is 12.2 Å². The van der Waals surface area contributed by atoms with Gasteiger partial charge < -0.3 is 10.5 Å². The Labute approximate surface area is 116 Å². The van der Waals surface area contributed by atoms with Gasteiger partial charge in [0.1, 0.15) is 5.01 Å². The molecule has 0 spiro atoms. The Kier molecular flexibility index (Phi) is 4.16. The van der Waals surface area contributed by atoms with E-state index in [1.807, 2.05) is 31.4 Å². The smallest absolute Gasteiger partial charge is 0.340 e. The van der Waals surface area contributed by atoms with Gasteiger partial charge in [-0.2, -0.15) is 0 Å². The molecule has 0 atom stereocenters. The van der Waals surface area contributed by atoms with Crippen molar-refractivity contribution in [1.82, 2.24) is 4.98 Å². The number of aryl methyl sites for hydroxylation is 1. The fourth-order valence-corrected chi connectivity index (χ4v) is 2.55. The summed E-state index contributed by atoms with van der Waals surface area (Å²) in [4.78, 5) is 16.5. The summed E-state index contributed by atoms with van der Waals surface area (Å²) < 4.78 is 5.18.